The molecule has 0 amide bonds. The Morgan fingerprint density at radius 3 is 2.89 bits per heavy atom. The fourth-order valence-corrected chi connectivity index (χ4v) is 2.10. The fourth-order valence-electron chi connectivity index (χ4n) is 1.65. The predicted octanol–water partition coefficient (Wildman–Crippen LogP) is 3.03. The highest BCUT2D eigenvalue weighted by Gasteiger charge is 2.12. The Morgan fingerprint density at radius 1 is 1.33 bits per heavy atom. The minimum absolute atomic E-state index is 0.00302. The van der Waals surface area contributed by atoms with E-state index in [1.165, 1.54) is 6.26 Å². The Hall–Kier alpha value is -1.59. The Kier molecular flexibility index (Phi) is 4.17. The van der Waals surface area contributed by atoms with Gasteiger partial charge in [-0.3, -0.25) is 0 Å². The van der Waals surface area contributed by atoms with E-state index in [1.54, 1.807) is 6.07 Å². The summed E-state index contributed by atoms with van der Waals surface area (Å²) < 4.78 is 5.93. The van der Waals surface area contributed by atoms with Gasteiger partial charge in [-0.15, -0.1) is 0 Å². The Bertz CT molecular complexity index is 551. The third-order valence-electron chi connectivity index (χ3n) is 2.47. The second kappa shape index (κ2) is 5.84. The van der Waals surface area contributed by atoms with Gasteiger partial charge in [0.1, 0.15) is 0 Å². The monoisotopic (exact) mass is 309 g/mol. The second-order valence-corrected chi connectivity index (χ2v) is 4.73. The predicted molar refractivity (Wildman–Crippen MR) is 70.4 cm³/mol. The second-order valence-electron chi connectivity index (χ2n) is 3.81. The van der Waals surface area contributed by atoms with Crippen LogP contribution < -0.4 is 5.32 Å². The lowest BCUT2D eigenvalue weighted by molar-refractivity contribution is 0.0660. The average Bonchev–Trinajstić information content (AvgIpc) is 2.77. The summed E-state index contributed by atoms with van der Waals surface area (Å²) in [7, 11) is 0. The molecule has 2 aromatic rings. The number of carboxylic acids is 1. The van der Waals surface area contributed by atoms with Crippen molar-refractivity contribution in [1.82, 2.24) is 5.32 Å². The van der Waals surface area contributed by atoms with Crippen molar-refractivity contribution in [2.24, 2.45) is 0 Å². The Balaban J connectivity index is 1.92. The van der Waals surface area contributed by atoms with E-state index >= 15 is 0 Å². The zero-order chi connectivity index (χ0) is 13.0. The number of furan rings is 1. The Morgan fingerprint density at radius 2 is 2.17 bits per heavy atom. The van der Waals surface area contributed by atoms with Crippen LogP contribution in [-0.2, 0) is 13.1 Å². The lowest BCUT2D eigenvalue weighted by atomic mass is 10.2. The summed E-state index contributed by atoms with van der Waals surface area (Å²) in [6.45, 7) is 1.13. The van der Waals surface area contributed by atoms with Gasteiger partial charge >= 0.3 is 5.97 Å². The van der Waals surface area contributed by atoms with Crippen molar-refractivity contribution in [2.45, 2.75) is 13.1 Å². The normalized spacial score (nSPS) is 10.5. The first-order valence-electron chi connectivity index (χ1n) is 5.41. The van der Waals surface area contributed by atoms with Gasteiger partial charge < -0.3 is 14.8 Å². The molecule has 1 heterocycles. The lowest BCUT2D eigenvalue weighted by Crippen LogP contribution is -2.14. The number of nitrogens with one attached hydrogen (secondary N) is 1. The van der Waals surface area contributed by atoms with Crippen LogP contribution in [0.15, 0.2) is 45.5 Å². The Labute approximate surface area is 113 Å². The van der Waals surface area contributed by atoms with Crippen molar-refractivity contribution in [3.05, 3.63) is 58.0 Å². The summed E-state index contributed by atoms with van der Waals surface area (Å²) in [5.41, 5.74) is 1.78. The van der Waals surface area contributed by atoms with Gasteiger partial charge in [0.25, 0.3) is 0 Å². The molecule has 0 saturated carbocycles. The molecule has 0 fully saturated rings. The number of hydrogen-bond acceptors (Lipinski definition) is 3. The van der Waals surface area contributed by atoms with Crippen LogP contribution in [0.25, 0.3) is 0 Å². The van der Waals surface area contributed by atoms with Crippen LogP contribution in [0.5, 0.6) is 0 Å². The first kappa shape index (κ1) is 12.9. The highest BCUT2D eigenvalue weighted by molar-refractivity contribution is 9.10. The number of aromatic carboxylic acids is 1. The van der Waals surface area contributed by atoms with E-state index in [9.17, 15) is 4.79 Å². The van der Waals surface area contributed by atoms with E-state index in [-0.39, 0.29) is 5.76 Å². The molecular weight excluding hydrogens is 298 g/mol. The standard InChI is InChI=1S/C13H12BrNO3/c14-11-3-1-2-9(6-11)7-15-8-10-4-5-18-12(10)13(16)17/h1-6,15H,7-8H2,(H,16,17). The van der Waals surface area contributed by atoms with Crippen LogP contribution in [0.3, 0.4) is 0 Å². The number of benzene rings is 1. The zero-order valence-electron chi connectivity index (χ0n) is 9.52. The molecule has 0 bridgehead atoms. The number of carbonyl (C=O) groups is 1. The van der Waals surface area contributed by atoms with E-state index in [1.807, 2.05) is 24.3 Å². The van der Waals surface area contributed by atoms with E-state index in [2.05, 4.69) is 21.2 Å². The first-order chi connectivity index (χ1) is 8.66. The van der Waals surface area contributed by atoms with E-state index in [4.69, 9.17) is 9.52 Å². The topological polar surface area (TPSA) is 62.5 Å². The van der Waals surface area contributed by atoms with Crippen molar-refractivity contribution >= 4 is 21.9 Å². The summed E-state index contributed by atoms with van der Waals surface area (Å²) in [6, 6.07) is 9.60. The van der Waals surface area contributed by atoms with Gasteiger partial charge in [0.05, 0.1) is 6.26 Å². The van der Waals surface area contributed by atoms with Gasteiger partial charge in [0, 0.05) is 23.1 Å². The maximum atomic E-state index is 10.8. The lowest BCUT2D eigenvalue weighted by Gasteiger charge is -2.04. The molecule has 2 rings (SSSR count). The minimum atomic E-state index is -1.04. The molecule has 1 aromatic heterocycles. The summed E-state index contributed by atoms with van der Waals surface area (Å²) >= 11 is 3.40. The number of halogens is 1. The SMILES string of the molecule is O=C(O)c1occc1CNCc1cccc(Br)c1. The summed E-state index contributed by atoms with van der Waals surface area (Å²) in [5.74, 6) is -1.05. The number of hydrogen-bond donors (Lipinski definition) is 2. The average molecular weight is 310 g/mol. The first-order valence-corrected chi connectivity index (χ1v) is 6.21. The van der Waals surface area contributed by atoms with E-state index in [0.29, 0.717) is 18.7 Å². The molecular formula is C13H12BrNO3. The molecule has 0 atom stereocenters. The summed E-state index contributed by atoms with van der Waals surface area (Å²) in [5, 5.41) is 12.1. The van der Waals surface area contributed by atoms with Crippen molar-refractivity contribution in [2.75, 3.05) is 0 Å². The molecule has 1 aromatic carbocycles. The van der Waals surface area contributed by atoms with Gasteiger partial charge in [-0.25, -0.2) is 4.79 Å². The number of rotatable bonds is 5. The van der Waals surface area contributed by atoms with Crippen LogP contribution in [0, 0.1) is 0 Å². The smallest absolute Gasteiger partial charge is 0.372 e. The van der Waals surface area contributed by atoms with Crippen LogP contribution in [0.1, 0.15) is 21.7 Å². The van der Waals surface area contributed by atoms with Crippen LogP contribution in [0.2, 0.25) is 0 Å². The van der Waals surface area contributed by atoms with Crippen LogP contribution in [0.4, 0.5) is 0 Å². The van der Waals surface area contributed by atoms with Gasteiger partial charge in [-0.1, -0.05) is 28.1 Å². The van der Waals surface area contributed by atoms with Crippen molar-refractivity contribution in [3.63, 3.8) is 0 Å². The minimum Gasteiger partial charge on any atom is -0.475 e. The third-order valence-corrected chi connectivity index (χ3v) is 2.97. The number of carboxylic acid groups (broad SMARTS) is 1. The van der Waals surface area contributed by atoms with E-state index < -0.39 is 5.97 Å². The van der Waals surface area contributed by atoms with Crippen molar-refractivity contribution in [1.29, 1.82) is 0 Å². The zero-order valence-corrected chi connectivity index (χ0v) is 11.1. The molecule has 0 aliphatic rings. The summed E-state index contributed by atoms with van der Waals surface area (Å²) in [6.07, 6.45) is 1.39. The third kappa shape index (κ3) is 3.21. The molecule has 0 radical (unpaired) electrons. The molecule has 2 N–H and O–H groups in total. The molecule has 0 aliphatic heterocycles. The van der Waals surface area contributed by atoms with Gasteiger partial charge in [0.15, 0.2) is 0 Å². The molecule has 4 nitrogen and oxygen atoms in total. The maximum Gasteiger partial charge on any atom is 0.372 e. The molecule has 0 unspecified atom stereocenters. The fraction of sp³-hybridized carbons (Fsp3) is 0.154. The van der Waals surface area contributed by atoms with Crippen molar-refractivity contribution in [3.8, 4) is 0 Å². The molecule has 0 spiro atoms. The molecule has 5 heteroatoms. The molecule has 0 aliphatic carbocycles. The molecule has 0 saturated heterocycles. The van der Waals surface area contributed by atoms with Crippen LogP contribution >= 0.6 is 15.9 Å². The highest BCUT2D eigenvalue weighted by atomic mass is 79.9. The summed E-state index contributed by atoms with van der Waals surface area (Å²) in [4.78, 5) is 10.8. The van der Waals surface area contributed by atoms with Gasteiger partial charge in [-0.2, -0.15) is 0 Å². The highest BCUT2D eigenvalue weighted by Crippen LogP contribution is 2.13. The quantitative estimate of drug-likeness (QED) is 0.891. The molecule has 18 heavy (non-hydrogen) atoms. The van der Waals surface area contributed by atoms with Gasteiger partial charge in [0.2, 0.25) is 5.76 Å². The van der Waals surface area contributed by atoms with Crippen molar-refractivity contribution < 1.29 is 14.3 Å². The van der Waals surface area contributed by atoms with Crippen LogP contribution in [-0.4, -0.2) is 11.1 Å². The van der Waals surface area contributed by atoms with Gasteiger partial charge in [-0.05, 0) is 23.8 Å². The largest absolute Gasteiger partial charge is 0.475 e. The maximum absolute atomic E-state index is 10.8. The molecule has 94 valence electrons. The van der Waals surface area contributed by atoms with E-state index in [0.717, 1.165) is 10.0 Å².